The number of amides is 1. The van der Waals surface area contributed by atoms with Crippen molar-refractivity contribution < 1.29 is 27.8 Å². The number of thioether (sulfide) groups is 1. The van der Waals surface area contributed by atoms with E-state index in [9.17, 15) is 18.4 Å². The zero-order chi connectivity index (χ0) is 22.5. The first kappa shape index (κ1) is 22.5. The average molecular weight is 463 g/mol. The topological polar surface area (TPSA) is 67.9 Å². The molecule has 0 spiro atoms. The van der Waals surface area contributed by atoms with Crippen molar-refractivity contribution in [3.05, 3.63) is 48.0 Å². The molecule has 0 bridgehead atoms. The van der Waals surface area contributed by atoms with Crippen molar-refractivity contribution in [2.45, 2.75) is 23.5 Å². The molecule has 2 aromatic rings. The van der Waals surface area contributed by atoms with E-state index in [4.69, 9.17) is 9.47 Å². The van der Waals surface area contributed by atoms with Gasteiger partial charge >= 0.3 is 0 Å². The number of nitrogens with one attached hydrogen (secondary N) is 1. The van der Waals surface area contributed by atoms with Gasteiger partial charge in [0.05, 0.1) is 6.54 Å². The molecule has 4 rings (SSSR count). The largest absolute Gasteiger partial charge is 0.486 e. The van der Waals surface area contributed by atoms with Gasteiger partial charge in [0, 0.05) is 22.1 Å². The molecule has 0 unspecified atom stereocenters. The Hall–Kier alpha value is -2.65. The van der Waals surface area contributed by atoms with Crippen LogP contribution in [-0.2, 0) is 4.79 Å². The van der Waals surface area contributed by atoms with Gasteiger partial charge in [-0.05, 0) is 68.4 Å². The number of ether oxygens (including phenoxy) is 2. The minimum atomic E-state index is -2.47. The van der Waals surface area contributed by atoms with Gasteiger partial charge in [0.25, 0.3) is 5.76 Å². The number of alkyl halides is 2. The van der Waals surface area contributed by atoms with E-state index in [2.05, 4.69) is 5.32 Å². The van der Waals surface area contributed by atoms with Crippen molar-refractivity contribution in [3.63, 3.8) is 0 Å². The van der Waals surface area contributed by atoms with E-state index < -0.39 is 5.76 Å². The highest BCUT2D eigenvalue weighted by Gasteiger charge is 2.27. The molecule has 1 saturated heterocycles. The molecule has 6 nitrogen and oxygen atoms in total. The molecule has 1 amide bonds. The second-order valence-corrected chi connectivity index (χ2v) is 8.79. The van der Waals surface area contributed by atoms with Gasteiger partial charge in [-0.1, -0.05) is 11.8 Å². The molecule has 0 aliphatic carbocycles. The molecule has 2 aromatic carbocycles. The summed E-state index contributed by atoms with van der Waals surface area (Å²) >= 11 is 0.467. The fraction of sp³-hybridized carbons (Fsp3) is 0.391. The van der Waals surface area contributed by atoms with Gasteiger partial charge < -0.3 is 14.8 Å². The average Bonchev–Trinajstić information content (AvgIpc) is 2.80. The number of fused-ring (bicyclic) bond motifs is 1. The van der Waals surface area contributed by atoms with Crippen molar-refractivity contribution in [2.75, 3.05) is 38.2 Å². The predicted molar refractivity (Wildman–Crippen MR) is 118 cm³/mol. The molecule has 0 aromatic heterocycles. The standard InChI is InChI=1S/C23H24F2N2O4S/c24-23(25)32-18-4-2-17(3-5-18)26-21(28)14-27-9-7-15(8-10-27)22(29)16-1-6-19-20(13-16)31-12-11-30-19/h1-6,13,15,23H,7-12,14H2,(H,26,28). The quantitative estimate of drug-likeness (QED) is 0.489. The number of ketones is 1. The molecule has 9 heteroatoms. The lowest BCUT2D eigenvalue weighted by Gasteiger charge is -2.30. The molecule has 2 heterocycles. The third kappa shape index (κ3) is 5.77. The first-order chi connectivity index (χ1) is 15.5. The molecule has 2 aliphatic heterocycles. The molecule has 170 valence electrons. The van der Waals surface area contributed by atoms with Crippen LogP contribution in [0.25, 0.3) is 0 Å². The van der Waals surface area contributed by atoms with Crippen LogP contribution < -0.4 is 14.8 Å². The monoisotopic (exact) mass is 462 g/mol. The third-order valence-electron chi connectivity index (χ3n) is 5.52. The molecule has 1 N–H and O–H groups in total. The minimum absolute atomic E-state index is 0.0863. The van der Waals surface area contributed by atoms with Crippen LogP contribution in [-0.4, -0.2) is 55.2 Å². The van der Waals surface area contributed by atoms with Crippen LogP contribution in [0.2, 0.25) is 0 Å². The van der Waals surface area contributed by atoms with Crippen LogP contribution in [0.5, 0.6) is 11.5 Å². The summed E-state index contributed by atoms with van der Waals surface area (Å²) in [4.78, 5) is 27.7. The summed E-state index contributed by atoms with van der Waals surface area (Å²) in [6.07, 6.45) is 1.36. The number of benzene rings is 2. The van der Waals surface area contributed by atoms with Gasteiger partial charge in [-0.15, -0.1) is 0 Å². The number of hydrogen-bond donors (Lipinski definition) is 1. The Morgan fingerprint density at radius 1 is 1.03 bits per heavy atom. The predicted octanol–water partition coefficient (Wildman–Crippen LogP) is 4.31. The molecular formula is C23H24F2N2O4S. The van der Waals surface area contributed by atoms with E-state index in [0.29, 0.717) is 78.6 Å². The van der Waals surface area contributed by atoms with E-state index in [1.54, 1.807) is 42.5 Å². The number of likely N-dealkylation sites (tertiary alicyclic amines) is 1. The summed E-state index contributed by atoms with van der Waals surface area (Å²) in [6, 6.07) is 11.6. The van der Waals surface area contributed by atoms with E-state index in [0.717, 1.165) is 0 Å². The summed E-state index contributed by atoms with van der Waals surface area (Å²) in [5, 5.41) is 2.79. The van der Waals surface area contributed by atoms with Crippen molar-refractivity contribution in [1.82, 2.24) is 4.90 Å². The number of nitrogens with zero attached hydrogens (tertiary/aromatic N) is 1. The molecule has 2 aliphatic rings. The zero-order valence-corrected chi connectivity index (χ0v) is 18.2. The van der Waals surface area contributed by atoms with Crippen LogP contribution >= 0.6 is 11.8 Å². The van der Waals surface area contributed by atoms with Gasteiger partial charge in [-0.3, -0.25) is 14.5 Å². The maximum absolute atomic E-state index is 12.9. The Bertz CT molecular complexity index is 963. The first-order valence-corrected chi connectivity index (χ1v) is 11.4. The van der Waals surface area contributed by atoms with E-state index in [1.165, 1.54) is 0 Å². The van der Waals surface area contributed by atoms with Crippen molar-refractivity contribution in [3.8, 4) is 11.5 Å². The number of carbonyl (C=O) groups excluding carboxylic acids is 2. The Balaban J connectivity index is 1.24. The molecule has 32 heavy (non-hydrogen) atoms. The highest BCUT2D eigenvalue weighted by Crippen LogP contribution is 2.32. The summed E-state index contributed by atoms with van der Waals surface area (Å²) in [7, 11) is 0. The Kier molecular flexibility index (Phi) is 7.26. The summed E-state index contributed by atoms with van der Waals surface area (Å²) < 4.78 is 35.9. The van der Waals surface area contributed by atoms with Crippen LogP contribution in [0, 0.1) is 5.92 Å². The van der Waals surface area contributed by atoms with Gasteiger partial charge in [-0.2, -0.15) is 8.78 Å². The zero-order valence-electron chi connectivity index (χ0n) is 17.4. The lowest BCUT2D eigenvalue weighted by Crippen LogP contribution is -2.40. The number of Topliss-reactive ketones (excluding diaryl/α,β-unsaturated/α-hetero) is 1. The minimum Gasteiger partial charge on any atom is -0.486 e. The van der Waals surface area contributed by atoms with E-state index in [1.807, 2.05) is 4.90 Å². The van der Waals surface area contributed by atoms with Gasteiger partial charge in [0.1, 0.15) is 13.2 Å². The molecule has 0 saturated carbocycles. The number of hydrogen-bond acceptors (Lipinski definition) is 6. The molecule has 1 fully saturated rings. The number of piperidine rings is 1. The highest BCUT2D eigenvalue weighted by atomic mass is 32.2. The second-order valence-electron chi connectivity index (χ2n) is 7.72. The second kappa shape index (κ2) is 10.3. The maximum Gasteiger partial charge on any atom is 0.288 e. The van der Waals surface area contributed by atoms with Crippen LogP contribution in [0.4, 0.5) is 14.5 Å². The van der Waals surface area contributed by atoms with Crippen LogP contribution in [0.3, 0.4) is 0 Å². The van der Waals surface area contributed by atoms with Crippen LogP contribution in [0.15, 0.2) is 47.4 Å². The smallest absolute Gasteiger partial charge is 0.288 e. The summed E-state index contributed by atoms with van der Waals surface area (Å²) in [6.45, 7) is 2.51. The van der Waals surface area contributed by atoms with Gasteiger partial charge in [-0.25, -0.2) is 0 Å². The molecule has 0 atom stereocenters. The van der Waals surface area contributed by atoms with Crippen molar-refractivity contribution in [1.29, 1.82) is 0 Å². The van der Waals surface area contributed by atoms with E-state index >= 15 is 0 Å². The fourth-order valence-electron chi connectivity index (χ4n) is 3.91. The maximum atomic E-state index is 12.9. The number of rotatable bonds is 7. The first-order valence-electron chi connectivity index (χ1n) is 10.5. The van der Waals surface area contributed by atoms with Gasteiger partial charge in [0.2, 0.25) is 5.91 Å². The SMILES string of the molecule is O=C(CN1CCC(C(=O)c2ccc3c(c2)OCCO3)CC1)Nc1ccc(SC(F)F)cc1. The normalized spacial score (nSPS) is 16.7. The molecular weight excluding hydrogens is 438 g/mol. The van der Waals surface area contributed by atoms with Crippen LogP contribution in [0.1, 0.15) is 23.2 Å². The Labute approximate surface area is 189 Å². The van der Waals surface area contributed by atoms with Gasteiger partial charge in [0.15, 0.2) is 17.3 Å². The Morgan fingerprint density at radius 2 is 1.72 bits per heavy atom. The highest BCUT2D eigenvalue weighted by molar-refractivity contribution is 7.99. The van der Waals surface area contributed by atoms with E-state index in [-0.39, 0.29) is 24.2 Å². The fourth-order valence-corrected chi connectivity index (χ4v) is 4.41. The molecule has 0 radical (unpaired) electrons. The lowest BCUT2D eigenvalue weighted by molar-refractivity contribution is -0.117. The lowest BCUT2D eigenvalue weighted by atomic mass is 9.88. The number of anilines is 1. The summed E-state index contributed by atoms with van der Waals surface area (Å²) in [5.74, 6) is -1.37. The van der Waals surface area contributed by atoms with Crippen molar-refractivity contribution in [2.24, 2.45) is 5.92 Å². The summed E-state index contributed by atoms with van der Waals surface area (Å²) in [5.41, 5.74) is 1.19. The number of halogens is 2. The number of carbonyl (C=O) groups is 2. The third-order valence-corrected chi connectivity index (χ3v) is 6.24. The Morgan fingerprint density at radius 3 is 2.41 bits per heavy atom. The van der Waals surface area contributed by atoms with Crippen molar-refractivity contribution >= 4 is 29.1 Å².